The lowest BCUT2D eigenvalue weighted by Crippen LogP contribution is -2.40. The molecule has 1 saturated heterocycles. The van der Waals surface area contributed by atoms with Crippen LogP contribution in [0.1, 0.15) is 35.2 Å². The maximum absolute atomic E-state index is 12.0. The monoisotopic (exact) mass is 211 g/mol. The van der Waals surface area contributed by atoms with Crippen LogP contribution < -0.4 is 0 Å². The van der Waals surface area contributed by atoms with Gasteiger partial charge in [-0.2, -0.15) is 0 Å². The number of carbonyl (C=O) groups is 1. The standard InChI is InChI=1S/C13H14BNO/c14-15-7-5-13(6-8-15)9-12(16)10-3-1-2-4-11(10)13/h1-4H,5-9H2. The van der Waals surface area contributed by atoms with Gasteiger partial charge in [0.15, 0.2) is 13.8 Å². The first-order valence-corrected chi connectivity index (χ1v) is 5.84. The molecule has 1 fully saturated rings. The van der Waals surface area contributed by atoms with Gasteiger partial charge in [0.05, 0.1) is 0 Å². The molecule has 3 rings (SSSR count). The van der Waals surface area contributed by atoms with Crippen LogP contribution in [0.25, 0.3) is 0 Å². The van der Waals surface area contributed by atoms with Crippen LogP contribution in [0, 0.1) is 0 Å². The Kier molecular flexibility index (Phi) is 2.18. The highest BCUT2D eigenvalue weighted by molar-refractivity contribution is 6.04. The average molecular weight is 211 g/mol. The first kappa shape index (κ1) is 10.1. The van der Waals surface area contributed by atoms with Gasteiger partial charge in [-0.1, -0.05) is 24.3 Å². The van der Waals surface area contributed by atoms with Gasteiger partial charge in [-0.05, 0) is 31.5 Å². The third kappa shape index (κ3) is 1.35. The first-order chi connectivity index (χ1) is 7.71. The molecule has 2 aliphatic rings. The first-order valence-electron chi connectivity index (χ1n) is 5.84. The number of rotatable bonds is 0. The smallest absolute Gasteiger partial charge is 0.182 e. The largest absolute Gasteiger partial charge is 0.353 e. The van der Waals surface area contributed by atoms with Crippen LogP contribution in [-0.2, 0) is 5.41 Å². The van der Waals surface area contributed by atoms with Gasteiger partial charge < -0.3 is 4.81 Å². The number of Topliss-reactive ketones (excluding diaryl/α,β-unsaturated/α-hetero) is 1. The fourth-order valence-electron chi connectivity index (χ4n) is 3.08. The third-order valence-electron chi connectivity index (χ3n) is 4.05. The molecule has 0 unspecified atom stereocenters. The van der Waals surface area contributed by atoms with Gasteiger partial charge in [0.1, 0.15) is 0 Å². The molecule has 0 N–H and O–H groups in total. The summed E-state index contributed by atoms with van der Waals surface area (Å²) in [5.74, 6) is 0.307. The molecule has 0 amide bonds. The molecule has 0 atom stereocenters. The van der Waals surface area contributed by atoms with E-state index in [0.29, 0.717) is 12.2 Å². The highest BCUT2D eigenvalue weighted by atomic mass is 16.1. The Labute approximate surface area is 97.1 Å². The Morgan fingerprint density at radius 2 is 1.88 bits per heavy atom. The fraction of sp³-hybridized carbons (Fsp3) is 0.462. The summed E-state index contributed by atoms with van der Waals surface area (Å²) in [6.07, 6.45) is 2.69. The van der Waals surface area contributed by atoms with Gasteiger partial charge in [-0.3, -0.25) is 4.79 Å². The second-order valence-corrected chi connectivity index (χ2v) is 4.96. The molecule has 2 radical (unpaired) electrons. The number of piperidine rings is 1. The van der Waals surface area contributed by atoms with E-state index in [1.54, 1.807) is 0 Å². The van der Waals surface area contributed by atoms with Gasteiger partial charge in [-0.15, -0.1) is 0 Å². The molecule has 1 spiro atoms. The molecule has 0 saturated carbocycles. The molecule has 80 valence electrons. The van der Waals surface area contributed by atoms with Gasteiger partial charge in [0.25, 0.3) is 0 Å². The van der Waals surface area contributed by atoms with E-state index in [1.807, 2.05) is 23.0 Å². The Morgan fingerprint density at radius 1 is 1.19 bits per heavy atom. The number of benzene rings is 1. The van der Waals surface area contributed by atoms with Crippen LogP contribution in [0.4, 0.5) is 0 Å². The summed E-state index contributed by atoms with van der Waals surface area (Å²) in [4.78, 5) is 13.8. The predicted octanol–water partition coefficient (Wildman–Crippen LogP) is 1.69. The molecule has 2 nitrogen and oxygen atoms in total. The normalized spacial score (nSPS) is 23.6. The zero-order chi connectivity index (χ0) is 11.2. The molecule has 1 aromatic rings. The lowest BCUT2D eigenvalue weighted by Gasteiger charge is -2.38. The molecule has 1 aliphatic heterocycles. The van der Waals surface area contributed by atoms with Crippen molar-refractivity contribution in [2.45, 2.75) is 24.7 Å². The summed E-state index contributed by atoms with van der Waals surface area (Å²) in [7, 11) is 5.79. The van der Waals surface area contributed by atoms with Gasteiger partial charge in [0.2, 0.25) is 0 Å². The fourth-order valence-corrected chi connectivity index (χ4v) is 3.08. The van der Waals surface area contributed by atoms with Crippen molar-refractivity contribution in [3.8, 4) is 0 Å². The Morgan fingerprint density at radius 3 is 2.62 bits per heavy atom. The minimum Gasteiger partial charge on any atom is -0.353 e. The third-order valence-corrected chi connectivity index (χ3v) is 4.05. The van der Waals surface area contributed by atoms with E-state index in [0.717, 1.165) is 31.5 Å². The SMILES string of the molecule is [B]N1CCC2(CC1)CC(=O)c1ccccc12. The number of ketones is 1. The predicted molar refractivity (Wildman–Crippen MR) is 63.6 cm³/mol. The highest BCUT2D eigenvalue weighted by Crippen LogP contribution is 2.45. The van der Waals surface area contributed by atoms with Crippen molar-refractivity contribution >= 4 is 13.8 Å². The van der Waals surface area contributed by atoms with Crippen molar-refractivity contribution in [2.75, 3.05) is 13.1 Å². The molecule has 1 heterocycles. The number of nitrogens with zero attached hydrogens (tertiary/aromatic N) is 1. The maximum Gasteiger partial charge on any atom is 0.182 e. The molecule has 1 aliphatic carbocycles. The lowest BCUT2D eigenvalue weighted by molar-refractivity contribution is 0.0956. The van der Waals surface area contributed by atoms with Crippen molar-refractivity contribution in [2.24, 2.45) is 0 Å². The Bertz CT molecular complexity index is 435. The molecule has 1 aromatic carbocycles. The van der Waals surface area contributed by atoms with Gasteiger partial charge in [-0.25, -0.2) is 0 Å². The number of hydrogen-bond acceptors (Lipinski definition) is 2. The molecule has 0 aromatic heterocycles. The summed E-state index contributed by atoms with van der Waals surface area (Å²) < 4.78 is 0. The Hall–Kier alpha value is -1.09. The van der Waals surface area contributed by atoms with E-state index in [9.17, 15) is 4.79 Å². The molecular formula is C13H14BNO. The van der Waals surface area contributed by atoms with Crippen LogP contribution >= 0.6 is 0 Å². The van der Waals surface area contributed by atoms with Crippen LogP contribution in [0.5, 0.6) is 0 Å². The quantitative estimate of drug-likeness (QED) is 0.608. The van der Waals surface area contributed by atoms with Crippen LogP contribution in [0.2, 0.25) is 0 Å². The van der Waals surface area contributed by atoms with Gasteiger partial charge in [0, 0.05) is 17.4 Å². The van der Waals surface area contributed by atoms with E-state index in [-0.39, 0.29) is 5.41 Å². The summed E-state index contributed by atoms with van der Waals surface area (Å²) in [6, 6.07) is 8.06. The number of fused-ring (bicyclic) bond motifs is 2. The van der Waals surface area contributed by atoms with Crippen LogP contribution in [0.3, 0.4) is 0 Å². The van der Waals surface area contributed by atoms with Gasteiger partial charge >= 0.3 is 0 Å². The second kappa shape index (κ2) is 3.46. The lowest BCUT2D eigenvalue weighted by atomic mass is 9.73. The Balaban J connectivity index is 2.02. The van der Waals surface area contributed by atoms with Crippen molar-refractivity contribution in [3.63, 3.8) is 0 Å². The van der Waals surface area contributed by atoms with E-state index in [2.05, 4.69) is 6.07 Å². The van der Waals surface area contributed by atoms with Crippen LogP contribution in [-0.4, -0.2) is 31.7 Å². The highest BCUT2D eigenvalue weighted by Gasteiger charge is 2.44. The summed E-state index contributed by atoms with van der Waals surface area (Å²) >= 11 is 0. The second-order valence-electron chi connectivity index (χ2n) is 4.96. The maximum atomic E-state index is 12.0. The molecular weight excluding hydrogens is 197 g/mol. The van der Waals surface area contributed by atoms with E-state index >= 15 is 0 Å². The van der Waals surface area contributed by atoms with E-state index in [1.165, 1.54) is 5.56 Å². The molecule has 16 heavy (non-hydrogen) atoms. The average Bonchev–Trinajstić information content (AvgIpc) is 2.58. The van der Waals surface area contributed by atoms with Crippen molar-refractivity contribution in [1.82, 2.24) is 4.81 Å². The van der Waals surface area contributed by atoms with Crippen LogP contribution in [0.15, 0.2) is 24.3 Å². The summed E-state index contributed by atoms with van der Waals surface area (Å²) in [5.41, 5.74) is 2.28. The zero-order valence-electron chi connectivity index (χ0n) is 9.28. The number of hydrogen-bond donors (Lipinski definition) is 0. The minimum atomic E-state index is 0.0869. The summed E-state index contributed by atoms with van der Waals surface area (Å²) in [5, 5.41) is 0. The van der Waals surface area contributed by atoms with Crippen molar-refractivity contribution < 1.29 is 4.79 Å². The minimum absolute atomic E-state index is 0.0869. The molecule has 0 bridgehead atoms. The van der Waals surface area contributed by atoms with Crippen molar-refractivity contribution in [1.29, 1.82) is 0 Å². The summed E-state index contributed by atoms with van der Waals surface area (Å²) in [6.45, 7) is 1.78. The van der Waals surface area contributed by atoms with E-state index in [4.69, 9.17) is 7.98 Å². The number of carbonyl (C=O) groups excluding carboxylic acids is 1. The zero-order valence-corrected chi connectivity index (χ0v) is 9.28. The topological polar surface area (TPSA) is 20.3 Å². The molecule has 3 heteroatoms. The van der Waals surface area contributed by atoms with Crippen molar-refractivity contribution in [3.05, 3.63) is 35.4 Å². The van der Waals surface area contributed by atoms with E-state index < -0.39 is 0 Å².